The minimum atomic E-state index is -1.49. The number of ether oxygens (including phenoxy) is 1. The highest BCUT2D eigenvalue weighted by Crippen LogP contribution is 2.65. The third-order valence-electron chi connectivity index (χ3n) is 9.63. The molecular formula is C29H48N4O6. The van der Waals surface area contributed by atoms with Crippen LogP contribution in [0.4, 0.5) is 4.79 Å². The summed E-state index contributed by atoms with van der Waals surface area (Å²) in [4.78, 5) is 54.3. The van der Waals surface area contributed by atoms with Crippen molar-refractivity contribution in [2.45, 2.75) is 122 Å². The molecule has 4 fully saturated rings. The van der Waals surface area contributed by atoms with E-state index in [1.165, 1.54) is 0 Å². The Morgan fingerprint density at radius 1 is 1.03 bits per heavy atom. The fourth-order valence-corrected chi connectivity index (χ4v) is 7.10. The number of likely N-dealkylation sites (tertiary alicyclic amines) is 1. The maximum atomic E-state index is 14.2. The van der Waals surface area contributed by atoms with Gasteiger partial charge in [-0.25, -0.2) is 4.79 Å². The number of rotatable bonds is 9. The standard InChI is InChI=1S/C29H48N4O6/c1-28(2,3)39-27(38)32-21(17-12-7-6-8-13-17)26(37)33-15-18-20(29(18,4)5)22(33)25(36)31-19(23(34)24(30)35)14-16-10-9-11-16/h16-23,34H,6-15H2,1-5H3,(H2,30,35)(H,31,36)(H,32,38)/t18-,19-,20-,21-,22-,23+/m0/s1. The van der Waals surface area contributed by atoms with Crippen LogP contribution >= 0.6 is 0 Å². The molecule has 39 heavy (non-hydrogen) atoms. The van der Waals surface area contributed by atoms with Crippen molar-refractivity contribution in [1.82, 2.24) is 15.5 Å². The highest BCUT2D eigenvalue weighted by molar-refractivity contribution is 5.93. The summed E-state index contributed by atoms with van der Waals surface area (Å²) < 4.78 is 5.49. The first-order chi connectivity index (χ1) is 18.2. The zero-order valence-electron chi connectivity index (χ0n) is 24.2. The van der Waals surface area contributed by atoms with Crippen LogP contribution in [0.25, 0.3) is 0 Å². The topological polar surface area (TPSA) is 151 Å². The Morgan fingerprint density at radius 3 is 2.21 bits per heavy atom. The van der Waals surface area contributed by atoms with Crippen LogP contribution in [0.3, 0.4) is 0 Å². The first-order valence-corrected chi connectivity index (χ1v) is 14.8. The monoisotopic (exact) mass is 548 g/mol. The number of hydrogen-bond acceptors (Lipinski definition) is 6. The molecule has 0 unspecified atom stereocenters. The first kappa shape index (κ1) is 29.6. The van der Waals surface area contributed by atoms with Crippen LogP contribution < -0.4 is 16.4 Å². The van der Waals surface area contributed by atoms with Crippen LogP contribution in [0.5, 0.6) is 0 Å². The molecule has 1 saturated heterocycles. The molecule has 3 saturated carbocycles. The fraction of sp³-hybridized carbons (Fsp3) is 0.862. The lowest BCUT2D eigenvalue weighted by Crippen LogP contribution is -2.60. The summed E-state index contributed by atoms with van der Waals surface area (Å²) in [5, 5.41) is 16.3. The van der Waals surface area contributed by atoms with Gasteiger partial charge in [-0.05, 0) is 69.1 Å². The number of carbonyl (C=O) groups excluding carboxylic acids is 4. The Labute approximate surface area is 232 Å². The molecule has 1 aliphatic heterocycles. The summed E-state index contributed by atoms with van der Waals surface area (Å²) in [7, 11) is 0. The van der Waals surface area contributed by atoms with Gasteiger partial charge in [0.2, 0.25) is 17.7 Å². The number of alkyl carbamates (subject to hydrolysis) is 1. The van der Waals surface area contributed by atoms with Crippen LogP contribution in [0.2, 0.25) is 0 Å². The molecule has 4 rings (SSSR count). The molecule has 0 aromatic heterocycles. The third kappa shape index (κ3) is 6.52. The van der Waals surface area contributed by atoms with E-state index in [0.29, 0.717) is 18.9 Å². The van der Waals surface area contributed by atoms with Gasteiger partial charge in [0.05, 0.1) is 6.04 Å². The van der Waals surface area contributed by atoms with E-state index in [-0.39, 0.29) is 35.0 Å². The second-order valence-corrected chi connectivity index (χ2v) is 13.9. The van der Waals surface area contributed by atoms with Crippen molar-refractivity contribution in [3.63, 3.8) is 0 Å². The number of hydrogen-bond donors (Lipinski definition) is 4. The maximum absolute atomic E-state index is 14.2. The molecule has 0 aromatic rings. The van der Waals surface area contributed by atoms with Crippen molar-refractivity contribution in [2.24, 2.45) is 34.8 Å². The molecule has 0 aromatic carbocycles. The second kappa shape index (κ2) is 11.3. The molecule has 10 heteroatoms. The number of nitrogens with zero attached hydrogens (tertiary/aromatic N) is 1. The van der Waals surface area contributed by atoms with Gasteiger partial charge in [-0.1, -0.05) is 52.4 Å². The highest BCUT2D eigenvalue weighted by atomic mass is 16.6. The summed E-state index contributed by atoms with van der Waals surface area (Å²) in [5.74, 6) is -1.09. The largest absolute Gasteiger partial charge is 0.444 e. The number of piperidine rings is 1. The van der Waals surface area contributed by atoms with Crippen LogP contribution in [-0.2, 0) is 19.1 Å². The van der Waals surface area contributed by atoms with E-state index in [2.05, 4.69) is 24.5 Å². The molecule has 4 amide bonds. The highest BCUT2D eigenvalue weighted by Gasteiger charge is 2.69. The van der Waals surface area contributed by atoms with Gasteiger partial charge in [-0.2, -0.15) is 0 Å². The summed E-state index contributed by atoms with van der Waals surface area (Å²) >= 11 is 0. The number of carbonyl (C=O) groups is 4. The lowest BCUT2D eigenvalue weighted by Gasteiger charge is -2.38. The van der Waals surface area contributed by atoms with Gasteiger partial charge in [0, 0.05) is 6.54 Å². The zero-order chi connectivity index (χ0) is 28.7. The van der Waals surface area contributed by atoms with E-state index in [1.54, 1.807) is 25.7 Å². The second-order valence-electron chi connectivity index (χ2n) is 13.9. The van der Waals surface area contributed by atoms with Gasteiger partial charge >= 0.3 is 6.09 Å². The maximum Gasteiger partial charge on any atom is 0.408 e. The molecular weight excluding hydrogens is 500 g/mol. The van der Waals surface area contributed by atoms with Crippen molar-refractivity contribution in [3.8, 4) is 0 Å². The molecule has 1 heterocycles. The van der Waals surface area contributed by atoms with Gasteiger partial charge in [-0.15, -0.1) is 0 Å². The van der Waals surface area contributed by atoms with Gasteiger partial charge in [0.15, 0.2) is 6.10 Å². The van der Waals surface area contributed by atoms with Crippen LogP contribution in [0.15, 0.2) is 0 Å². The Kier molecular flexibility index (Phi) is 8.55. The van der Waals surface area contributed by atoms with Crippen molar-refractivity contribution >= 4 is 23.8 Å². The number of primary amides is 1. The van der Waals surface area contributed by atoms with E-state index in [4.69, 9.17) is 10.5 Å². The lowest BCUT2D eigenvalue weighted by molar-refractivity contribution is -0.144. The SMILES string of the molecule is CC(C)(C)OC(=O)N[C@H](C(=O)N1C[C@H]2[C@@H]([C@H]1C(=O)N[C@@H](CC1CCC1)[C@@H](O)C(N)=O)C2(C)C)C1CCCCC1. The van der Waals surface area contributed by atoms with Gasteiger partial charge in [-0.3, -0.25) is 14.4 Å². The Morgan fingerprint density at radius 2 is 1.67 bits per heavy atom. The normalized spacial score (nSPS) is 28.9. The van der Waals surface area contributed by atoms with Crippen molar-refractivity contribution in [1.29, 1.82) is 0 Å². The average molecular weight is 549 g/mol. The summed E-state index contributed by atoms with van der Waals surface area (Å²) in [6.07, 6.45) is 6.13. The Balaban J connectivity index is 1.55. The molecule has 4 aliphatic rings. The minimum Gasteiger partial charge on any atom is -0.444 e. The Hall–Kier alpha value is -2.36. The molecule has 3 aliphatic carbocycles. The van der Waals surface area contributed by atoms with E-state index in [0.717, 1.165) is 51.4 Å². The molecule has 0 bridgehead atoms. The van der Waals surface area contributed by atoms with E-state index < -0.39 is 41.8 Å². The quantitative estimate of drug-likeness (QED) is 0.347. The average Bonchev–Trinajstić information content (AvgIpc) is 3.15. The van der Waals surface area contributed by atoms with Gasteiger partial charge in [0.25, 0.3) is 0 Å². The zero-order valence-corrected chi connectivity index (χ0v) is 24.2. The predicted octanol–water partition coefficient (Wildman–Crippen LogP) is 2.46. The molecule has 10 nitrogen and oxygen atoms in total. The Bertz CT molecular complexity index is 952. The van der Waals surface area contributed by atoms with Gasteiger partial charge in [0.1, 0.15) is 17.7 Å². The first-order valence-electron chi connectivity index (χ1n) is 14.8. The number of amides is 4. The molecule has 5 N–H and O–H groups in total. The van der Waals surface area contributed by atoms with E-state index in [1.807, 2.05) is 0 Å². The lowest BCUT2D eigenvalue weighted by atomic mass is 9.79. The molecule has 0 radical (unpaired) electrons. The molecule has 0 spiro atoms. The summed E-state index contributed by atoms with van der Waals surface area (Å²) in [6.45, 7) is 9.97. The number of nitrogens with two attached hydrogens (primary N) is 1. The van der Waals surface area contributed by atoms with Crippen LogP contribution in [0.1, 0.15) is 92.4 Å². The predicted molar refractivity (Wildman–Crippen MR) is 145 cm³/mol. The number of fused-ring (bicyclic) bond motifs is 1. The number of nitrogens with one attached hydrogen (secondary N) is 2. The fourth-order valence-electron chi connectivity index (χ4n) is 7.10. The van der Waals surface area contributed by atoms with Crippen LogP contribution in [0, 0.1) is 29.1 Å². The number of aliphatic hydroxyl groups is 1. The van der Waals surface area contributed by atoms with Crippen molar-refractivity contribution in [3.05, 3.63) is 0 Å². The summed E-state index contributed by atoms with van der Waals surface area (Å²) in [6, 6.07) is -2.32. The molecule has 220 valence electrons. The van der Waals surface area contributed by atoms with E-state index in [9.17, 15) is 24.3 Å². The van der Waals surface area contributed by atoms with Crippen molar-refractivity contribution in [2.75, 3.05) is 6.54 Å². The van der Waals surface area contributed by atoms with Crippen molar-refractivity contribution < 1.29 is 29.0 Å². The van der Waals surface area contributed by atoms with E-state index >= 15 is 0 Å². The molecule has 6 atom stereocenters. The summed E-state index contributed by atoms with van der Waals surface area (Å²) in [5.41, 5.74) is 4.60. The van der Waals surface area contributed by atoms with Gasteiger partial charge < -0.3 is 31.1 Å². The third-order valence-corrected chi connectivity index (χ3v) is 9.63. The minimum absolute atomic E-state index is 0.0320. The van der Waals surface area contributed by atoms with Crippen LogP contribution in [-0.4, -0.2) is 70.2 Å². The smallest absolute Gasteiger partial charge is 0.408 e. The number of aliphatic hydroxyl groups excluding tert-OH is 1.